The molecule has 2 aromatic rings. The number of nitrogens with zero attached hydrogens (tertiary/aromatic N) is 1. The number of halogens is 1. The fourth-order valence-corrected chi connectivity index (χ4v) is 2.25. The largest absolute Gasteiger partial charge is 0.476 e. The molecule has 0 aliphatic rings. The minimum absolute atomic E-state index is 0.0572. The van der Waals surface area contributed by atoms with Crippen LogP contribution >= 0.6 is 11.3 Å². The molecule has 0 bridgehead atoms. The molecule has 0 spiro atoms. The Morgan fingerprint density at radius 3 is 2.86 bits per heavy atom. The highest BCUT2D eigenvalue weighted by molar-refractivity contribution is 7.09. The van der Waals surface area contributed by atoms with Crippen LogP contribution < -0.4 is 10.6 Å². The van der Waals surface area contributed by atoms with E-state index in [1.807, 2.05) is 0 Å². The van der Waals surface area contributed by atoms with Crippen LogP contribution in [0.4, 0.5) is 14.9 Å². The Balaban J connectivity index is 1.92. The fraction of sp³-hybridized carbons (Fsp3) is 0.154. The standard InChI is InChI=1S/C13H12FN3O3S/c1-7-2-3-8(14)4-9(7)17-13(20)15-5-11-16-10(6-21-11)12(18)19/h2-4,6H,5H2,1H3,(H,18,19)(H2,15,17,20). The second-order valence-electron chi connectivity index (χ2n) is 4.20. The zero-order chi connectivity index (χ0) is 15.4. The van der Waals surface area contributed by atoms with Gasteiger partial charge in [0.25, 0.3) is 0 Å². The molecule has 1 heterocycles. The van der Waals surface area contributed by atoms with Crippen molar-refractivity contribution in [1.82, 2.24) is 10.3 Å². The first-order valence-corrected chi connectivity index (χ1v) is 6.82. The lowest BCUT2D eigenvalue weighted by Gasteiger charge is -2.09. The summed E-state index contributed by atoms with van der Waals surface area (Å²) in [6.07, 6.45) is 0. The van der Waals surface area contributed by atoms with Crippen molar-refractivity contribution in [2.45, 2.75) is 13.5 Å². The Labute approximate surface area is 123 Å². The van der Waals surface area contributed by atoms with E-state index in [9.17, 15) is 14.0 Å². The normalized spacial score (nSPS) is 10.2. The Morgan fingerprint density at radius 2 is 2.19 bits per heavy atom. The Kier molecular flexibility index (Phi) is 4.49. The number of carboxylic acid groups (broad SMARTS) is 1. The molecule has 6 nitrogen and oxygen atoms in total. The van der Waals surface area contributed by atoms with Gasteiger partial charge in [0, 0.05) is 11.1 Å². The summed E-state index contributed by atoms with van der Waals surface area (Å²) < 4.78 is 13.1. The molecule has 0 aliphatic heterocycles. The highest BCUT2D eigenvalue weighted by Gasteiger charge is 2.10. The number of hydrogen-bond acceptors (Lipinski definition) is 4. The van der Waals surface area contributed by atoms with E-state index in [0.717, 1.165) is 16.9 Å². The van der Waals surface area contributed by atoms with Crippen molar-refractivity contribution in [2.75, 3.05) is 5.32 Å². The third kappa shape index (κ3) is 3.99. The Morgan fingerprint density at radius 1 is 1.43 bits per heavy atom. The Bertz CT molecular complexity index is 687. The number of aromatic nitrogens is 1. The van der Waals surface area contributed by atoms with Crippen LogP contribution in [0, 0.1) is 12.7 Å². The van der Waals surface area contributed by atoms with Gasteiger partial charge in [-0.2, -0.15) is 0 Å². The van der Waals surface area contributed by atoms with Crippen LogP contribution in [0.2, 0.25) is 0 Å². The molecule has 0 saturated heterocycles. The number of thiazole rings is 1. The highest BCUT2D eigenvalue weighted by Crippen LogP contribution is 2.16. The zero-order valence-electron chi connectivity index (χ0n) is 11.0. The number of anilines is 1. The first-order chi connectivity index (χ1) is 9.95. The Hall–Kier alpha value is -2.48. The number of rotatable bonds is 4. The second-order valence-corrected chi connectivity index (χ2v) is 5.14. The van der Waals surface area contributed by atoms with Gasteiger partial charge in [-0.15, -0.1) is 11.3 Å². The maximum atomic E-state index is 13.1. The minimum Gasteiger partial charge on any atom is -0.476 e. The molecule has 21 heavy (non-hydrogen) atoms. The first kappa shape index (κ1) is 14.9. The maximum Gasteiger partial charge on any atom is 0.355 e. The molecule has 1 aromatic carbocycles. The number of carbonyl (C=O) groups is 2. The molecule has 2 amide bonds. The lowest BCUT2D eigenvalue weighted by Crippen LogP contribution is -2.28. The van der Waals surface area contributed by atoms with E-state index in [2.05, 4.69) is 15.6 Å². The number of hydrogen-bond donors (Lipinski definition) is 3. The van der Waals surface area contributed by atoms with Gasteiger partial charge in [-0.25, -0.2) is 19.0 Å². The molecule has 8 heteroatoms. The predicted molar refractivity (Wildman–Crippen MR) is 76.1 cm³/mol. The van der Waals surface area contributed by atoms with Gasteiger partial charge in [0.05, 0.1) is 6.54 Å². The lowest BCUT2D eigenvalue weighted by molar-refractivity contribution is 0.0691. The second kappa shape index (κ2) is 6.31. The van der Waals surface area contributed by atoms with Gasteiger partial charge in [0.15, 0.2) is 5.69 Å². The molecule has 3 N–H and O–H groups in total. The number of carboxylic acids is 1. The topological polar surface area (TPSA) is 91.3 Å². The minimum atomic E-state index is -1.11. The van der Waals surface area contributed by atoms with Gasteiger partial charge in [-0.3, -0.25) is 0 Å². The number of amides is 2. The van der Waals surface area contributed by atoms with Crippen LogP contribution in [0.1, 0.15) is 21.1 Å². The van der Waals surface area contributed by atoms with Gasteiger partial charge in [0.2, 0.25) is 0 Å². The number of aryl methyl sites for hydroxylation is 1. The molecular formula is C13H12FN3O3S. The molecule has 110 valence electrons. The quantitative estimate of drug-likeness (QED) is 0.809. The highest BCUT2D eigenvalue weighted by atomic mass is 32.1. The van der Waals surface area contributed by atoms with Crippen LogP contribution in [0.25, 0.3) is 0 Å². The molecule has 1 aromatic heterocycles. The van der Waals surface area contributed by atoms with Gasteiger partial charge >= 0.3 is 12.0 Å². The van der Waals surface area contributed by atoms with Crippen LogP contribution in [0.5, 0.6) is 0 Å². The number of benzene rings is 1. The summed E-state index contributed by atoms with van der Waals surface area (Å²) in [5.74, 6) is -1.56. The van der Waals surface area contributed by atoms with Gasteiger partial charge in [-0.1, -0.05) is 6.07 Å². The average Bonchev–Trinajstić information content (AvgIpc) is 2.90. The van der Waals surface area contributed by atoms with E-state index in [1.54, 1.807) is 13.0 Å². The first-order valence-electron chi connectivity index (χ1n) is 5.94. The SMILES string of the molecule is Cc1ccc(F)cc1NC(=O)NCc1nc(C(=O)O)cs1. The van der Waals surface area contributed by atoms with Crippen LogP contribution in [0.15, 0.2) is 23.6 Å². The van der Waals surface area contributed by atoms with Crippen molar-refractivity contribution in [3.05, 3.63) is 45.7 Å². The van der Waals surface area contributed by atoms with Crippen molar-refractivity contribution in [1.29, 1.82) is 0 Å². The fourth-order valence-electron chi connectivity index (χ4n) is 1.54. The number of carbonyl (C=O) groups excluding carboxylic acids is 1. The van der Waals surface area contributed by atoms with E-state index < -0.39 is 17.8 Å². The molecule has 2 rings (SSSR count). The lowest BCUT2D eigenvalue weighted by atomic mass is 10.2. The monoisotopic (exact) mass is 309 g/mol. The summed E-state index contributed by atoms with van der Waals surface area (Å²) in [4.78, 5) is 26.2. The van der Waals surface area contributed by atoms with Crippen LogP contribution in [-0.2, 0) is 6.54 Å². The van der Waals surface area contributed by atoms with Crippen molar-refractivity contribution in [2.24, 2.45) is 0 Å². The van der Waals surface area contributed by atoms with Gasteiger partial charge in [0.1, 0.15) is 10.8 Å². The molecule has 0 atom stereocenters. The zero-order valence-corrected chi connectivity index (χ0v) is 11.8. The van der Waals surface area contributed by atoms with Gasteiger partial charge < -0.3 is 15.7 Å². The number of nitrogens with one attached hydrogen (secondary N) is 2. The molecule has 0 unspecified atom stereocenters. The van der Waals surface area contributed by atoms with Crippen molar-refractivity contribution in [3.63, 3.8) is 0 Å². The van der Waals surface area contributed by atoms with Crippen LogP contribution in [-0.4, -0.2) is 22.1 Å². The summed E-state index contributed by atoms with van der Waals surface area (Å²) in [6.45, 7) is 1.84. The van der Waals surface area contributed by atoms with E-state index in [0.29, 0.717) is 10.7 Å². The van der Waals surface area contributed by atoms with E-state index in [1.165, 1.54) is 17.5 Å². The third-order valence-electron chi connectivity index (χ3n) is 2.62. The summed E-state index contributed by atoms with van der Waals surface area (Å²) in [5, 5.41) is 15.7. The number of urea groups is 1. The molecule has 0 fully saturated rings. The summed E-state index contributed by atoms with van der Waals surface area (Å²) in [7, 11) is 0. The molecule has 0 aliphatic carbocycles. The predicted octanol–water partition coefficient (Wildman–Crippen LogP) is 2.61. The van der Waals surface area contributed by atoms with Crippen molar-refractivity contribution < 1.29 is 19.1 Å². The van der Waals surface area contributed by atoms with E-state index in [4.69, 9.17) is 5.11 Å². The maximum absolute atomic E-state index is 13.1. The van der Waals surface area contributed by atoms with Gasteiger partial charge in [-0.05, 0) is 24.6 Å². The smallest absolute Gasteiger partial charge is 0.355 e. The summed E-state index contributed by atoms with van der Waals surface area (Å²) in [5.41, 5.74) is 1.05. The van der Waals surface area contributed by atoms with Crippen molar-refractivity contribution >= 4 is 29.0 Å². The van der Waals surface area contributed by atoms with E-state index >= 15 is 0 Å². The summed E-state index contributed by atoms with van der Waals surface area (Å²) in [6, 6.07) is 3.57. The number of aromatic carboxylic acids is 1. The average molecular weight is 309 g/mol. The molecule has 0 radical (unpaired) electrons. The van der Waals surface area contributed by atoms with Crippen LogP contribution in [0.3, 0.4) is 0 Å². The third-order valence-corrected chi connectivity index (χ3v) is 3.47. The molecule has 0 saturated carbocycles. The summed E-state index contributed by atoms with van der Waals surface area (Å²) >= 11 is 1.14. The van der Waals surface area contributed by atoms with Crippen molar-refractivity contribution in [3.8, 4) is 0 Å². The molecular weight excluding hydrogens is 297 g/mol. The van der Waals surface area contributed by atoms with E-state index in [-0.39, 0.29) is 12.2 Å².